The van der Waals surface area contributed by atoms with Crippen LogP contribution in [0.15, 0.2) is 0 Å². The zero-order chi connectivity index (χ0) is 11.3. The molecule has 0 heterocycles. The fourth-order valence-corrected chi connectivity index (χ4v) is 2.16. The van der Waals surface area contributed by atoms with Crippen LogP contribution in [0.25, 0.3) is 0 Å². The molecule has 2 unspecified atom stereocenters. The number of nitrogens with one attached hydrogen (secondary N) is 1. The van der Waals surface area contributed by atoms with Gasteiger partial charge in [0.05, 0.1) is 6.61 Å². The second kappa shape index (κ2) is 6.08. The van der Waals surface area contributed by atoms with E-state index in [1.54, 1.807) is 0 Å². The lowest BCUT2D eigenvalue weighted by atomic mass is 9.84. The summed E-state index contributed by atoms with van der Waals surface area (Å²) < 4.78 is 0. The van der Waals surface area contributed by atoms with Gasteiger partial charge in [-0.3, -0.25) is 4.79 Å². The van der Waals surface area contributed by atoms with Gasteiger partial charge in [0.2, 0.25) is 0 Å². The fraction of sp³-hybridized carbons (Fsp3) is 0.909. The summed E-state index contributed by atoms with van der Waals surface area (Å²) >= 11 is 0. The van der Waals surface area contributed by atoms with E-state index in [4.69, 9.17) is 10.2 Å². The summed E-state index contributed by atoms with van der Waals surface area (Å²) in [5.74, 6) is 0.0594. The molecule has 0 aliphatic heterocycles. The van der Waals surface area contributed by atoms with Crippen molar-refractivity contribution >= 4 is 5.91 Å². The average Bonchev–Trinajstić information content (AvgIpc) is 2.29. The topological polar surface area (TPSA) is 69.6 Å². The van der Waals surface area contributed by atoms with E-state index in [0.717, 1.165) is 12.8 Å². The Morgan fingerprint density at radius 3 is 2.53 bits per heavy atom. The zero-order valence-corrected chi connectivity index (χ0v) is 9.28. The molecule has 1 rings (SSSR count). The first-order valence-electron chi connectivity index (χ1n) is 5.74. The second-order valence-corrected chi connectivity index (χ2v) is 4.39. The molecule has 1 amide bonds. The molecule has 1 saturated carbocycles. The SMILES string of the molecule is CC(NC(=O)C(O)CO)C1CCCCC1. The normalized spacial score (nSPS) is 22.1. The largest absolute Gasteiger partial charge is 0.393 e. The maximum absolute atomic E-state index is 11.3. The maximum atomic E-state index is 11.3. The molecule has 4 heteroatoms. The number of amides is 1. The van der Waals surface area contributed by atoms with Crippen LogP contribution in [0.3, 0.4) is 0 Å². The van der Waals surface area contributed by atoms with Crippen LogP contribution in [0.1, 0.15) is 39.0 Å². The van der Waals surface area contributed by atoms with Crippen molar-refractivity contribution in [3.05, 3.63) is 0 Å². The van der Waals surface area contributed by atoms with Crippen molar-refractivity contribution in [3.63, 3.8) is 0 Å². The molecule has 1 fully saturated rings. The van der Waals surface area contributed by atoms with Crippen molar-refractivity contribution in [2.75, 3.05) is 6.61 Å². The van der Waals surface area contributed by atoms with Crippen LogP contribution < -0.4 is 5.32 Å². The molecule has 0 aromatic rings. The lowest BCUT2D eigenvalue weighted by Gasteiger charge is -2.28. The third-order valence-corrected chi connectivity index (χ3v) is 3.20. The molecule has 0 spiro atoms. The van der Waals surface area contributed by atoms with E-state index in [1.807, 2.05) is 6.92 Å². The van der Waals surface area contributed by atoms with Gasteiger partial charge >= 0.3 is 0 Å². The van der Waals surface area contributed by atoms with E-state index in [1.165, 1.54) is 19.3 Å². The fourth-order valence-electron chi connectivity index (χ4n) is 2.16. The first kappa shape index (κ1) is 12.5. The Bertz CT molecular complexity index is 202. The molecule has 0 aromatic heterocycles. The predicted molar refractivity (Wildman–Crippen MR) is 57.3 cm³/mol. The first-order valence-corrected chi connectivity index (χ1v) is 5.74. The molecule has 0 saturated heterocycles. The van der Waals surface area contributed by atoms with Gasteiger partial charge in [-0.25, -0.2) is 0 Å². The van der Waals surface area contributed by atoms with Crippen molar-refractivity contribution in [3.8, 4) is 0 Å². The van der Waals surface area contributed by atoms with Crippen LogP contribution in [0.4, 0.5) is 0 Å². The first-order chi connectivity index (χ1) is 7.15. The van der Waals surface area contributed by atoms with Gasteiger partial charge in [-0.05, 0) is 25.7 Å². The number of carbonyl (C=O) groups is 1. The molecule has 0 radical (unpaired) electrons. The van der Waals surface area contributed by atoms with Crippen LogP contribution >= 0.6 is 0 Å². The van der Waals surface area contributed by atoms with Crippen LogP contribution in [0, 0.1) is 5.92 Å². The molecule has 1 aliphatic rings. The molecule has 1 aliphatic carbocycles. The Kier molecular flexibility index (Phi) is 5.05. The molecular weight excluding hydrogens is 194 g/mol. The smallest absolute Gasteiger partial charge is 0.251 e. The number of aliphatic hydroxyl groups excluding tert-OH is 2. The van der Waals surface area contributed by atoms with Crippen LogP contribution in [-0.2, 0) is 4.79 Å². The van der Waals surface area contributed by atoms with E-state index in [2.05, 4.69) is 5.32 Å². The minimum absolute atomic E-state index is 0.0963. The van der Waals surface area contributed by atoms with E-state index >= 15 is 0 Å². The van der Waals surface area contributed by atoms with E-state index in [-0.39, 0.29) is 6.04 Å². The van der Waals surface area contributed by atoms with Gasteiger partial charge in [0.15, 0.2) is 6.10 Å². The summed E-state index contributed by atoms with van der Waals surface area (Å²) in [7, 11) is 0. The molecule has 15 heavy (non-hydrogen) atoms. The Hall–Kier alpha value is -0.610. The Morgan fingerprint density at radius 2 is 2.00 bits per heavy atom. The zero-order valence-electron chi connectivity index (χ0n) is 9.28. The van der Waals surface area contributed by atoms with Crippen molar-refractivity contribution in [1.29, 1.82) is 0 Å². The average molecular weight is 215 g/mol. The summed E-state index contributed by atoms with van der Waals surface area (Å²) in [5.41, 5.74) is 0. The highest BCUT2D eigenvalue weighted by atomic mass is 16.3. The number of aliphatic hydroxyl groups is 2. The second-order valence-electron chi connectivity index (χ2n) is 4.39. The van der Waals surface area contributed by atoms with Gasteiger partial charge in [-0.2, -0.15) is 0 Å². The van der Waals surface area contributed by atoms with E-state index in [9.17, 15) is 4.79 Å². The quantitative estimate of drug-likeness (QED) is 0.636. The number of rotatable bonds is 4. The minimum atomic E-state index is -1.28. The monoisotopic (exact) mass is 215 g/mol. The van der Waals surface area contributed by atoms with Gasteiger partial charge in [0, 0.05) is 6.04 Å². The third kappa shape index (κ3) is 3.80. The highest BCUT2D eigenvalue weighted by Gasteiger charge is 2.23. The predicted octanol–water partition coefficient (Wildman–Crippen LogP) is 0.425. The molecule has 4 nitrogen and oxygen atoms in total. The minimum Gasteiger partial charge on any atom is -0.393 e. The number of carbonyl (C=O) groups excluding carboxylic acids is 1. The summed E-state index contributed by atoms with van der Waals surface area (Å²) in [5, 5.41) is 20.5. The third-order valence-electron chi connectivity index (χ3n) is 3.20. The Labute approximate surface area is 90.7 Å². The van der Waals surface area contributed by atoms with Crippen molar-refractivity contribution in [2.45, 2.75) is 51.2 Å². The standard InChI is InChI=1S/C11H21NO3/c1-8(9-5-3-2-4-6-9)12-11(15)10(14)7-13/h8-10,13-14H,2-7H2,1H3,(H,12,15). The van der Waals surface area contributed by atoms with Gasteiger partial charge in [0.25, 0.3) is 5.91 Å². The van der Waals surface area contributed by atoms with E-state index in [0.29, 0.717) is 5.92 Å². The number of hydrogen-bond donors (Lipinski definition) is 3. The van der Waals surface area contributed by atoms with Crippen LogP contribution in [-0.4, -0.2) is 34.9 Å². The number of hydrogen-bond acceptors (Lipinski definition) is 3. The van der Waals surface area contributed by atoms with Gasteiger partial charge in [0.1, 0.15) is 0 Å². The Balaban J connectivity index is 2.33. The Morgan fingerprint density at radius 1 is 1.40 bits per heavy atom. The summed E-state index contributed by atoms with van der Waals surface area (Å²) in [6.07, 6.45) is 4.76. The lowest BCUT2D eigenvalue weighted by molar-refractivity contribution is -0.132. The molecule has 0 bridgehead atoms. The van der Waals surface area contributed by atoms with Crippen LogP contribution in [0.2, 0.25) is 0 Å². The van der Waals surface area contributed by atoms with E-state index < -0.39 is 18.6 Å². The van der Waals surface area contributed by atoms with Crippen molar-refractivity contribution in [2.24, 2.45) is 5.92 Å². The molecule has 0 aromatic carbocycles. The van der Waals surface area contributed by atoms with Gasteiger partial charge < -0.3 is 15.5 Å². The van der Waals surface area contributed by atoms with Gasteiger partial charge in [-0.1, -0.05) is 19.3 Å². The molecule has 88 valence electrons. The van der Waals surface area contributed by atoms with Crippen molar-refractivity contribution in [1.82, 2.24) is 5.32 Å². The lowest BCUT2D eigenvalue weighted by Crippen LogP contribution is -2.45. The highest BCUT2D eigenvalue weighted by Crippen LogP contribution is 2.26. The molecular formula is C11H21NO3. The van der Waals surface area contributed by atoms with Crippen LogP contribution in [0.5, 0.6) is 0 Å². The van der Waals surface area contributed by atoms with Gasteiger partial charge in [-0.15, -0.1) is 0 Å². The van der Waals surface area contributed by atoms with Crippen molar-refractivity contribution < 1.29 is 15.0 Å². The summed E-state index contributed by atoms with van der Waals surface area (Å²) in [4.78, 5) is 11.3. The molecule has 3 N–H and O–H groups in total. The summed E-state index contributed by atoms with van der Waals surface area (Å²) in [6, 6.07) is 0.0963. The summed E-state index contributed by atoms with van der Waals surface area (Å²) in [6.45, 7) is 1.46. The highest BCUT2D eigenvalue weighted by molar-refractivity contribution is 5.80. The molecule has 2 atom stereocenters. The maximum Gasteiger partial charge on any atom is 0.251 e.